The monoisotopic (exact) mass is 534 g/mol. The van der Waals surface area contributed by atoms with E-state index in [2.05, 4.69) is 23.0 Å². The number of hydrogen-bond donors (Lipinski definition) is 2. The molecule has 5 rings (SSSR count). The highest BCUT2D eigenvalue weighted by molar-refractivity contribution is 7.13. The van der Waals surface area contributed by atoms with Crippen LogP contribution in [0.15, 0.2) is 48.1 Å². The summed E-state index contributed by atoms with van der Waals surface area (Å²) in [7, 11) is 0. The second-order valence-electron chi connectivity index (χ2n) is 10.6. The zero-order valence-electron chi connectivity index (χ0n) is 21.7. The summed E-state index contributed by atoms with van der Waals surface area (Å²) in [5.74, 6) is 0.647. The number of hydroxylamine groups is 2. The summed E-state index contributed by atoms with van der Waals surface area (Å²) in [5, 5.41) is 12.8. The first-order chi connectivity index (χ1) is 18.3. The zero-order chi connectivity index (χ0) is 26.7. The Bertz CT molecular complexity index is 1260. The number of carbonyl (C=O) groups excluding carboxylic acids is 2. The van der Waals surface area contributed by atoms with Gasteiger partial charge in [0.15, 0.2) is 5.78 Å². The number of thiophene rings is 1. The van der Waals surface area contributed by atoms with E-state index in [9.17, 15) is 14.8 Å². The number of ketones is 1. The van der Waals surface area contributed by atoms with Gasteiger partial charge in [0.1, 0.15) is 5.82 Å². The fourth-order valence-electron chi connectivity index (χ4n) is 5.10. The van der Waals surface area contributed by atoms with Crippen molar-refractivity contribution in [3.05, 3.63) is 65.1 Å². The van der Waals surface area contributed by atoms with Gasteiger partial charge in [-0.15, -0.1) is 11.3 Å². The summed E-state index contributed by atoms with van der Waals surface area (Å²) in [6.45, 7) is 5.67. The molecule has 3 aromatic rings. The molecule has 0 atom stereocenters. The van der Waals surface area contributed by atoms with Crippen LogP contribution in [0.25, 0.3) is 10.4 Å². The summed E-state index contributed by atoms with van der Waals surface area (Å²) in [4.78, 5) is 39.7. The number of aromatic nitrogens is 2. The highest BCUT2D eigenvalue weighted by Gasteiger charge is 2.35. The van der Waals surface area contributed by atoms with Crippen LogP contribution in [0.5, 0.6) is 0 Å². The minimum atomic E-state index is -0.0633. The van der Waals surface area contributed by atoms with E-state index in [0.717, 1.165) is 28.8 Å². The molecule has 0 radical (unpaired) electrons. The van der Waals surface area contributed by atoms with Gasteiger partial charge in [-0.3, -0.25) is 4.79 Å². The average molecular weight is 535 g/mol. The Labute approximate surface area is 226 Å². The minimum Gasteiger partial charge on any atom is -0.398 e. The molecule has 2 saturated heterocycles. The lowest BCUT2D eigenvalue weighted by molar-refractivity contribution is -0.113. The second kappa shape index (κ2) is 11.2. The van der Waals surface area contributed by atoms with Crippen LogP contribution in [-0.4, -0.2) is 81.1 Å². The standard InChI is InChI=1S/C28H34N6O3S/c1-28(6-8-32(9-7-28)27(36)33-10-12-34(37)13-11-33)17-26-30-18-22(19-31-26)24(35)16-21-15-20(4-5-23(21)29)25-3-2-14-38-25/h2-5,14-15,18-19,37H,6-13,16-17,29H2,1H3. The lowest BCUT2D eigenvalue weighted by atomic mass is 9.77. The molecule has 200 valence electrons. The molecule has 38 heavy (non-hydrogen) atoms. The Morgan fingerprint density at radius 1 is 1.03 bits per heavy atom. The van der Waals surface area contributed by atoms with Crippen molar-refractivity contribution in [3.63, 3.8) is 0 Å². The highest BCUT2D eigenvalue weighted by atomic mass is 32.1. The van der Waals surface area contributed by atoms with Crippen LogP contribution in [0.2, 0.25) is 0 Å². The first-order valence-electron chi connectivity index (χ1n) is 13.0. The summed E-state index contributed by atoms with van der Waals surface area (Å²) >= 11 is 1.65. The third-order valence-corrected chi connectivity index (χ3v) is 8.60. The van der Waals surface area contributed by atoms with Gasteiger partial charge in [-0.2, -0.15) is 5.06 Å². The summed E-state index contributed by atoms with van der Waals surface area (Å²) in [5.41, 5.74) is 9.09. The molecule has 0 spiro atoms. The number of benzene rings is 1. The number of likely N-dealkylation sites (tertiary alicyclic amines) is 1. The van der Waals surface area contributed by atoms with Crippen LogP contribution in [-0.2, 0) is 12.8 Å². The molecule has 9 nitrogen and oxygen atoms in total. The number of nitrogens with two attached hydrogens (primary N) is 1. The highest BCUT2D eigenvalue weighted by Crippen LogP contribution is 2.34. The van der Waals surface area contributed by atoms with Crippen LogP contribution in [0.1, 0.15) is 41.5 Å². The van der Waals surface area contributed by atoms with E-state index in [4.69, 9.17) is 5.73 Å². The van der Waals surface area contributed by atoms with Crippen molar-refractivity contribution in [2.75, 3.05) is 45.0 Å². The number of hydrogen-bond acceptors (Lipinski definition) is 8. The Morgan fingerprint density at radius 2 is 1.71 bits per heavy atom. The van der Waals surface area contributed by atoms with Crippen molar-refractivity contribution in [3.8, 4) is 10.4 Å². The predicted octanol–water partition coefficient (Wildman–Crippen LogP) is 3.98. The quantitative estimate of drug-likeness (QED) is 0.363. The van der Waals surface area contributed by atoms with E-state index in [0.29, 0.717) is 62.8 Å². The summed E-state index contributed by atoms with van der Waals surface area (Å²) in [6, 6.07) is 9.93. The molecule has 2 amide bonds. The van der Waals surface area contributed by atoms with Gasteiger partial charge in [-0.25, -0.2) is 14.8 Å². The molecule has 10 heteroatoms. The minimum absolute atomic E-state index is 0.0111. The number of rotatable bonds is 6. The van der Waals surface area contributed by atoms with Gasteiger partial charge in [0.05, 0.1) is 5.56 Å². The lowest BCUT2D eigenvalue weighted by Gasteiger charge is -2.42. The SMILES string of the molecule is CC1(Cc2ncc(C(=O)Cc3cc(-c4cccs4)ccc3N)cn2)CCN(C(=O)N2CCN(O)CC2)CC1. The van der Waals surface area contributed by atoms with Gasteiger partial charge >= 0.3 is 6.03 Å². The Kier molecular flexibility index (Phi) is 7.73. The number of nitrogens with zero attached hydrogens (tertiary/aromatic N) is 5. The normalized spacial score (nSPS) is 17.9. The van der Waals surface area contributed by atoms with Gasteiger partial charge in [0, 0.05) is 75.1 Å². The Hall–Kier alpha value is -3.34. The number of piperazine rings is 1. The van der Waals surface area contributed by atoms with E-state index in [1.807, 2.05) is 39.4 Å². The number of urea groups is 1. The van der Waals surface area contributed by atoms with Crippen molar-refractivity contribution >= 4 is 28.8 Å². The van der Waals surface area contributed by atoms with Crippen LogP contribution < -0.4 is 5.73 Å². The zero-order valence-corrected chi connectivity index (χ0v) is 22.5. The first kappa shape index (κ1) is 26.3. The Morgan fingerprint density at radius 3 is 2.37 bits per heavy atom. The summed E-state index contributed by atoms with van der Waals surface area (Å²) in [6.07, 6.45) is 5.86. The second-order valence-corrected chi connectivity index (χ2v) is 11.5. The molecule has 1 aromatic carbocycles. The molecule has 2 aliphatic rings. The maximum absolute atomic E-state index is 13.0. The fraction of sp³-hybridized carbons (Fsp3) is 0.429. The smallest absolute Gasteiger partial charge is 0.320 e. The lowest BCUT2D eigenvalue weighted by Crippen LogP contribution is -2.54. The van der Waals surface area contributed by atoms with E-state index in [-0.39, 0.29) is 23.7 Å². The largest absolute Gasteiger partial charge is 0.398 e. The van der Waals surface area contributed by atoms with E-state index in [1.54, 1.807) is 23.7 Å². The fourth-order valence-corrected chi connectivity index (χ4v) is 5.83. The third kappa shape index (κ3) is 6.03. The van der Waals surface area contributed by atoms with E-state index < -0.39 is 0 Å². The van der Waals surface area contributed by atoms with Crippen molar-refractivity contribution in [1.29, 1.82) is 0 Å². The van der Waals surface area contributed by atoms with Crippen molar-refractivity contribution in [2.24, 2.45) is 5.41 Å². The van der Waals surface area contributed by atoms with Crippen LogP contribution >= 0.6 is 11.3 Å². The van der Waals surface area contributed by atoms with E-state index >= 15 is 0 Å². The molecule has 0 bridgehead atoms. The average Bonchev–Trinajstić information content (AvgIpc) is 3.46. The number of nitrogen functional groups attached to an aromatic ring is 1. The molecular weight excluding hydrogens is 500 g/mol. The number of carbonyl (C=O) groups is 2. The van der Waals surface area contributed by atoms with Crippen molar-refractivity contribution in [2.45, 2.75) is 32.6 Å². The third-order valence-electron chi connectivity index (χ3n) is 7.68. The van der Waals surface area contributed by atoms with Crippen molar-refractivity contribution in [1.82, 2.24) is 24.8 Å². The van der Waals surface area contributed by atoms with Crippen molar-refractivity contribution < 1.29 is 14.8 Å². The van der Waals surface area contributed by atoms with Gasteiger partial charge in [-0.1, -0.05) is 19.1 Å². The Balaban J connectivity index is 1.16. The van der Waals surface area contributed by atoms with Gasteiger partial charge in [0.25, 0.3) is 0 Å². The van der Waals surface area contributed by atoms with Crippen LogP contribution in [0.4, 0.5) is 10.5 Å². The molecule has 3 N–H and O–H groups in total. The van der Waals surface area contributed by atoms with Gasteiger partial charge in [0.2, 0.25) is 0 Å². The molecular formula is C28H34N6O3S. The number of amides is 2. The number of Topliss-reactive ketones (excluding diaryl/α,β-unsaturated/α-hetero) is 1. The number of anilines is 1. The molecule has 2 aliphatic heterocycles. The summed E-state index contributed by atoms with van der Waals surface area (Å²) < 4.78 is 0. The van der Waals surface area contributed by atoms with Gasteiger partial charge in [-0.05, 0) is 53.0 Å². The molecule has 0 aliphatic carbocycles. The maximum atomic E-state index is 13.0. The topological polar surface area (TPSA) is 116 Å². The number of piperidine rings is 1. The molecule has 2 aromatic heterocycles. The predicted molar refractivity (Wildman–Crippen MR) is 147 cm³/mol. The first-order valence-corrected chi connectivity index (χ1v) is 13.9. The maximum Gasteiger partial charge on any atom is 0.320 e. The molecule has 0 saturated carbocycles. The van der Waals surface area contributed by atoms with Crippen LogP contribution in [0, 0.1) is 5.41 Å². The molecule has 2 fully saturated rings. The molecule has 0 unspecified atom stereocenters. The van der Waals surface area contributed by atoms with Crippen LogP contribution in [0.3, 0.4) is 0 Å². The molecule has 4 heterocycles. The van der Waals surface area contributed by atoms with E-state index in [1.165, 1.54) is 5.06 Å². The van der Waals surface area contributed by atoms with Gasteiger partial charge < -0.3 is 20.7 Å².